The van der Waals surface area contributed by atoms with E-state index in [4.69, 9.17) is 9.26 Å². The maximum Gasteiger partial charge on any atom is 0.257 e. The van der Waals surface area contributed by atoms with Gasteiger partial charge in [0.05, 0.1) is 13.5 Å². The Labute approximate surface area is 170 Å². The van der Waals surface area contributed by atoms with Crippen molar-refractivity contribution in [3.05, 3.63) is 66.0 Å². The SMILES string of the molecule is COc1cccc(CC(=O)N2CCCC2CCc2noc(-c3ccccc3)n2)c1. The second kappa shape index (κ2) is 8.90. The van der Waals surface area contributed by atoms with Gasteiger partial charge < -0.3 is 14.2 Å². The molecule has 1 atom stereocenters. The highest BCUT2D eigenvalue weighted by atomic mass is 16.5. The lowest BCUT2D eigenvalue weighted by Crippen LogP contribution is -2.36. The number of amides is 1. The molecule has 1 aliphatic heterocycles. The van der Waals surface area contributed by atoms with Gasteiger partial charge in [-0.3, -0.25) is 4.79 Å². The molecule has 1 unspecified atom stereocenters. The van der Waals surface area contributed by atoms with Gasteiger partial charge in [0.1, 0.15) is 5.75 Å². The van der Waals surface area contributed by atoms with Crippen molar-refractivity contribution in [2.45, 2.75) is 38.1 Å². The maximum atomic E-state index is 12.9. The Hall–Kier alpha value is -3.15. The molecule has 2 heterocycles. The molecule has 0 radical (unpaired) electrons. The van der Waals surface area contributed by atoms with E-state index >= 15 is 0 Å². The number of benzene rings is 2. The summed E-state index contributed by atoms with van der Waals surface area (Å²) in [6, 6.07) is 17.7. The third-order valence-corrected chi connectivity index (χ3v) is 5.38. The Balaban J connectivity index is 1.35. The molecule has 0 aliphatic carbocycles. The molecule has 1 amide bonds. The zero-order valence-corrected chi connectivity index (χ0v) is 16.6. The van der Waals surface area contributed by atoms with Crippen molar-refractivity contribution in [1.29, 1.82) is 0 Å². The summed E-state index contributed by atoms with van der Waals surface area (Å²) < 4.78 is 10.6. The number of rotatable bonds is 7. The van der Waals surface area contributed by atoms with Crippen LogP contribution in [0.25, 0.3) is 11.5 Å². The lowest BCUT2D eigenvalue weighted by atomic mass is 10.1. The van der Waals surface area contributed by atoms with Crippen molar-refractivity contribution in [2.75, 3.05) is 13.7 Å². The molecule has 2 aromatic carbocycles. The molecule has 3 aromatic rings. The molecule has 150 valence electrons. The molecule has 6 heteroatoms. The van der Waals surface area contributed by atoms with Crippen molar-refractivity contribution in [2.24, 2.45) is 0 Å². The maximum absolute atomic E-state index is 12.9. The third kappa shape index (κ3) is 4.65. The summed E-state index contributed by atoms with van der Waals surface area (Å²) in [7, 11) is 1.64. The first kappa shape index (κ1) is 19.2. The minimum atomic E-state index is 0.166. The lowest BCUT2D eigenvalue weighted by molar-refractivity contribution is -0.131. The van der Waals surface area contributed by atoms with Crippen LogP contribution in [0.4, 0.5) is 0 Å². The van der Waals surface area contributed by atoms with Crippen LogP contribution in [0.1, 0.15) is 30.7 Å². The first-order chi connectivity index (χ1) is 14.2. The fraction of sp³-hybridized carbons (Fsp3) is 0.348. The van der Waals surface area contributed by atoms with E-state index in [-0.39, 0.29) is 11.9 Å². The van der Waals surface area contributed by atoms with Gasteiger partial charge in [0.2, 0.25) is 5.91 Å². The molecule has 1 fully saturated rings. The van der Waals surface area contributed by atoms with Crippen LogP contribution in [0.2, 0.25) is 0 Å². The van der Waals surface area contributed by atoms with E-state index in [1.807, 2.05) is 59.5 Å². The molecule has 0 spiro atoms. The molecule has 0 saturated carbocycles. The highest BCUT2D eigenvalue weighted by Gasteiger charge is 2.28. The fourth-order valence-electron chi connectivity index (χ4n) is 3.87. The van der Waals surface area contributed by atoms with E-state index in [9.17, 15) is 4.79 Å². The molecule has 1 aromatic heterocycles. The Morgan fingerprint density at radius 1 is 1.21 bits per heavy atom. The average Bonchev–Trinajstić information content (AvgIpc) is 3.42. The van der Waals surface area contributed by atoms with Crippen LogP contribution < -0.4 is 4.74 Å². The molecule has 1 aliphatic rings. The summed E-state index contributed by atoms with van der Waals surface area (Å²) in [4.78, 5) is 19.4. The Kier molecular flexibility index (Phi) is 5.89. The number of likely N-dealkylation sites (tertiary alicyclic amines) is 1. The average molecular weight is 391 g/mol. The predicted molar refractivity (Wildman–Crippen MR) is 109 cm³/mol. The van der Waals surface area contributed by atoms with Crippen molar-refractivity contribution in [1.82, 2.24) is 15.0 Å². The highest BCUT2D eigenvalue weighted by Crippen LogP contribution is 2.24. The fourth-order valence-corrected chi connectivity index (χ4v) is 3.87. The minimum absolute atomic E-state index is 0.166. The lowest BCUT2D eigenvalue weighted by Gasteiger charge is -2.24. The van der Waals surface area contributed by atoms with E-state index in [0.29, 0.717) is 24.6 Å². The smallest absolute Gasteiger partial charge is 0.257 e. The number of methoxy groups -OCH3 is 1. The number of aryl methyl sites for hydroxylation is 1. The van der Waals surface area contributed by atoms with Crippen LogP contribution in [0, 0.1) is 0 Å². The van der Waals surface area contributed by atoms with E-state index in [2.05, 4.69) is 10.1 Å². The van der Waals surface area contributed by atoms with Gasteiger partial charge in [-0.25, -0.2) is 0 Å². The van der Waals surface area contributed by atoms with Gasteiger partial charge in [-0.15, -0.1) is 0 Å². The predicted octanol–water partition coefficient (Wildman–Crippen LogP) is 3.91. The number of carbonyl (C=O) groups excluding carboxylic acids is 1. The summed E-state index contributed by atoms with van der Waals surface area (Å²) >= 11 is 0. The first-order valence-electron chi connectivity index (χ1n) is 10.0. The molecule has 1 saturated heterocycles. The summed E-state index contributed by atoms with van der Waals surface area (Å²) in [5, 5.41) is 4.11. The Morgan fingerprint density at radius 2 is 2.07 bits per heavy atom. The van der Waals surface area contributed by atoms with Gasteiger partial charge in [0.25, 0.3) is 5.89 Å². The summed E-state index contributed by atoms with van der Waals surface area (Å²) in [6.45, 7) is 0.814. The molecule has 0 N–H and O–H groups in total. The standard InChI is InChI=1S/C23H25N3O3/c1-28-20-11-5-7-17(15-20)16-22(27)26-14-6-10-19(26)12-13-21-24-23(29-25-21)18-8-3-2-4-9-18/h2-5,7-9,11,15,19H,6,10,12-14,16H2,1H3. The highest BCUT2D eigenvalue weighted by molar-refractivity contribution is 5.79. The van der Waals surface area contributed by atoms with Crippen LogP contribution in [0.15, 0.2) is 59.1 Å². The molecule has 0 bridgehead atoms. The third-order valence-electron chi connectivity index (χ3n) is 5.38. The zero-order chi connectivity index (χ0) is 20.1. The Morgan fingerprint density at radius 3 is 2.90 bits per heavy atom. The summed E-state index contributed by atoms with van der Waals surface area (Å²) in [5.41, 5.74) is 1.90. The van der Waals surface area contributed by atoms with Gasteiger partial charge in [0, 0.05) is 24.6 Å². The second-order valence-electron chi connectivity index (χ2n) is 7.33. The largest absolute Gasteiger partial charge is 0.497 e. The van der Waals surface area contributed by atoms with Crippen LogP contribution in [0.5, 0.6) is 5.75 Å². The van der Waals surface area contributed by atoms with E-state index in [1.165, 1.54) is 0 Å². The minimum Gasteiger partial charge on any atom is -0.497 e. The van der Waals surface area contributed by atoms with Crippen molar-refractivity contribution < 1.29 is 14.1 Å². The molecular weight excluding hydrogens is 366 g/mol. The second-order valence-corrected chi connectivity index (χ2v) is 7.33. The number of aromatic nitrogens is 2. The van der Waals surface area contributed by atoms with Gasteiger partial charge in [-0.05, 0) is 49.1 Å². The summed E-state index contributed by atoms with van der Waals surface area (Å²) in [5.74, 6) is 2.17. The molecule has 6 nitrogen and oxygen atoms in total. The monoisotopic (exact) mass is 391 g/mol. The summed E-state index contributed by atoms with van der Waals surface area (Å²) in [6.07, 6.45) is 4.00. The van der Waals surface area contributed by atoms with Crippen molar-refractivity contribution in [3.8, 4) is 17.2 Å². The van der Waals surface area contributed by atoms with Gasteiger partial charge >= 0.3 is 0 Å². The van der Waals surface area contributed by atoms with Crippen molar-refractivity contribution in [3.63, 3.8) is 0 Å². The van der Waals surface area contributed by atoms with Crippen LogP contribution in [-0.2, 0) is 17.6 Å². The van der Waals surface area contributed by atoms with Gasteiger partial charge in [-0.1, -0.05) is 35.5 Å². The number of carbonyl (C=O) groups is 1. The normalized spacial score (nSPS) is 16.2. The number of nitrogens with zero attached hydrogens (tertiary/aromatic N) is 3. The van der Waals surface area contributed by atoms with E-state index in [0.717, 1.165) is 42.7 Å². The van der Waals surface area contributed by atoms with Gasteiger partial charge in [0.15, 0.2) is 5.82 Å². The van der Waals surface area contributed by atoms with E-state index < -0.39 is 0 Å². The van der Waals surface area contributed by atoms with Crippen molar-refractivity contribution >= 4 is 5.91 Å². The van der Waals surface area contributed by atoms with E-state index in [1.54, 1.807) is 7.11 Å². The Bertz CT molecular complexity index is 955. The number of hydrogen-bond donors (Lipinski definition) is 0. The number of ether oxygens (including phenoxy) is 1. The molecule has 29 heavy (non-hydrogen) atoms. The quantitative estimate of drug-likeness (QED) is 0.611. The topological polar surface area (TPSA) is 68.5 Å². The zero-order valence-electron chi connectivity index (χ0n) is 16.6. The molecule has 4 rings (SSSR count). The van der Waals surface area contributed by atoms with Crippen LogP contribution >= 0.6 is 0 Å². The molecular formula is C23H25N3O3. The van der Waals surface area contributed by atoms with Crippen LogP contribution in [0.3, 0.4) is 0 Å². The van der Waals surface area contributed by atoms with Crippen LogP contribution in [-0.4, -0.2) is 40.6 Å². The van der Waals surface area contributed by atoms with Gasteiger partial charge in [-0.2, -0.15) is 4.98 Å². The first-order valence-corrected chi connectivity index (χ1v) is 10.0. The number of hydrogen-bond acceptors (Lipinski definition) is 5.